The maximum Gasteiger partial charge on any atom is 0.325 e. The number of hydrogen-bond acceptors (Lipinski definition) is 3. The second-order valence-electron chi connectivity index (χ2n) is 10.3. The number of carbonyl (C=O) groups excluding carboxylic acids is 3. The zero-order valence-electron chi connectivity index (χ0n) is 19.1. The van der Waals surface area contributed by atoms with E-state index in [0.29, 0.717) is 18.8 Å². The van der Waals surface area contributed by atoms with Crippen molar-refractivity contribution in [3.8, 4) is 0 Å². The van der Waals surface area contributed by atoms with Crippen molar-refractivity contribution < 1.29 is 14.4 Å². The molecule has 0 bridgehead atoms. The van der Waals surface area contributed by atoms with Gasteiger partial charge in [-0.05, 0) is 61.0 Å². The highest BCUT2D eigenvalue weighted by Gasteiger charge is 2.53. The van der Waals surface area contributed by atoms with E-state index < -0.39 is 11.6 Å². The van der Waals surface area contributed by atoms with Crippen molar-refractivity contribution in [2.24, 2.45) is 11.3 Å². The number of urea groups is 1. The second-order valence-corrected chi connectivity index (χ2v) is 10.3. The minimum Gasteiger partial charge on any atom is -0.324 e. The van der Waals surface area contributed by atoms with Gasteiger partial charge in [0.1, 0.15) is 12.1 Å². The van der Waals surface area contributed by atoms with Gasteiger partial charge in [-0.25, -0.2) is 4.79 Å². The van der Waals surface area contributed by atoms with Crippen LogP contribution in [-0.2, 0) is 9.59 Å². The van der Waals surface area contributed by atoms with Gasteiger partial charge in [-0.15, -0.1) is 0 Å². The van der Waals surface area contributed by atoms with Gasteiger partial charge < -0.3 is 10.6 Å². The Labute approximate surface area is 179 Å². The van der Waals surface area contributed by atoms with Gasteiger partial charge in [0.25, 0.3) is 5.91 Å². The van der Waals surface area contributed by atoms with Crippen molar-refractivity contribution >= 4 is 23.5 Å². The van der Waals surface area contributed by atoms with E-state index in [2.05, 4.69) is 45.3 Å². The van der Waals surface area contributed by atoms with Crippen LogP contribution in [0.4, 0.5) is 10.5 Å². The van der Waals surface area contributed by atoms with Gasteiger partial charge in [0.2, 0.25) is 5.91 Å². The minimum absolute atomic E-state index is 0.189. The number of hydrogen-bond donors (Lipinski definition) is 2. The zero-order chi connectivity index (χ0) is 22.3. The SMILES string of the molecule is Cc1cccc(C(C)C)c1NC(=O)CN1C(=O)NC2(CCC(C(C)(C)C)CC2)C1=O. The molecule has 4 amide bonds. The molecule has 1 saturated heterocycles. The van der Waals surface area contributed by atoms with Crippen molar-refractivity contribution in [3.05, 3.63) is 29.3 Å². The molecular formula is C24H35N3O3. The lowest BCUT2D eigenvalue weighted by Crippen LogP contribution is -2.51. The number of para-hydroxylation sites is 1. The van der Waals surface area contributed by atoms with Gasteiger partial charge in [0.05, 0.1) is 0 Å². The van der Waals surface area contributed by atoms with E-state index in [1.165, 1.54) is 0 Å². The first-order chi connectivity index (χ1) is 13.9. The Kier molecular flexibility index (Phi) is 5.99. The molecule has 0 radical (unpaired) electrons. The van der Waals surface area contributed by atoms with E-state index in [-0.39, 0.29) is 29.7 Å². The molecule has 2 aliphatic rings. The van der Waals surface area contributed by atoms with E-state index in [1.807, 2.05) is 25.1 Å². The molecule has 0 atom stereocenters. The quantitative estimate of drug-likeness (QED) is 0.709. The van der Waals surface area contributed by atoms with Crippen LogP contribution in [0.3, 0.4) is 0 Å². The van der Waals surface area contributed by atoms with Crippen LogP contribution in [0.5, 0.6) is 0 Å². The van der Waals surface area contributed by atoms with E-state index in [9.17, 15) is 14.4 Å². The molecule has 164 valence electrons. The molecule has 1 heterocycles. The zero-order valence-corrected chi connectivity index (χ0v) is 19.1. The number of aryl methyl sites for hydroxylation is 1. The summed E-state index contributed by atoms with van der Waals surface area (Å²) in [5.41, 5.74) is 2.12. The van der Waals surface area contributed by atoms with Crippen LogP contribution in [0.2, 0.25) is 0 Å². The molecule has 0 unspecified atom stereocenters. The normalized spacial score (nSPS) is 24.5. The Balaban J connectivity index is 1.69. The summed E-state index contributed by atoms with van der Waals surface area (Å²) in [6.07, 6.45) is 3.06. The lowest BCUT2D eigenvalue weighted by Gasteiger charge is -2.40. The molecule has 2 fully saturated rings. The van der Waals surface area contributed by atoms with Crippen molar-refractivity contribution in [1.82, 2.24) is 10.2 Å². The van der Waals surface area contributed by atoms with Crippen LogP contribution < -0.4 is 10.6 Å². The van der Waals surface area contributed by atoms with Gasteiger partial charge in [-0.3, -0.25) is 14.5 Å². The van der Waals surface area contributed by atoms with Crippen molar-refractivity contribution in [3.63, 3.8) is 0 Å². The lowest BCUT2D eigenvalue weighted by atomic mass is 9.67. The summed E-state index contributed by atoms with van der Waals surface area (Å²) in [7, 11) is 0. The van der Waals surface area contributed by atoms with Crippen molar-refractivity contribution in [1.29, 1.82) is 0 Å². The summed E-state index contributed by atoms with van der Waals surface area (Å²) >= 11 is 0. The topological polar surface area (TPSA) is 78.5 Å². The third kappa shape index (κ3) is 4.23. The average molecular weight is 414 g/mol. The van der Waals surface area contributed by atoms with Crippen LogP contribution in [0.1, 0.15) is 77.3 Å². The molecule has 3 rings (SSSR count). The minimum atomic E-state index is -0.842. The van der Waals surface area contributed by atoms with Gasteiger partial charge in [-0.2, -0.15) is 0 Å². The summed E-state index contributed by atoms with van der Waals surface area (Å²) in [5.74, 6) is 0.165. The molecular weight excluding hydrogens is 378 g/mol. The molecule has 1 saturated carbocycles. The number of imide groups is 1. The number of nitrogens with zero attached hydrogens (tertiary/aromatic N) is 1. The molecule has 6 heteroatoms. The fourth-order valence-electron chi connectivity index (χ4n) is 4.80. The predicted octanol–water partition coefficient (Wildman–Crippen LogP) is 4.58. The van der Waals surface area contributed by atoms with Crippen LogP contribution in [0.25, 0.3) is 0 Å². The first-order valence-corrected chi connectivity index (χ1v) is 11.0. The fraction of sp³-hybridized carbons (Fsp3) is 0.625. The Morgan fingerprint density at radius 3 is 2.43 bits per heavy atom. The highest BCUT2D eigenvalue weighted by molar-refractivity contribution is 6.10. The molecule has 1 aliphatic carbocycles. The maximum atomic E-state index is 13.1. The standard InChI is InChI=1S/C24H35N3O3/c1-15(2)18-9-7-8-16(3)20(18)25-19(28)14-27-21(29)24(26-22(27)30)12-10-17(11-13-24)23(4,5)6/h7-9,15,17H,10-14H2,1-6H3,(H,25,28)(H,26,30). The molecule has 1 aliphatic heterocycles. The first kappa shape index (κ1) is 22.3. The third-order valence-corrected chi connectivity index (χ3v) is 6.80. The molecule has 1 aromatic rings. The molecule has 1 aromatic carbocycles. The molecule has 0 aromatic heterocycles. The predicted molar refractivity (Wildman–Crippen MR) is 118 cm³/mol. The number of nitrogens with one attached hydrogen (secondary N) is 2. The Morgan fingerprint density at radius 2 is 1.87 bits per heavy atom. The smallest absolute Gasteiger partial charge is 0.324 e. The van der Waals surface area contributed by atoms with Crippen LogP contribution >= 0.6 is 0 Å². The summed E-state index contributed by atoms with van der Waals surface area (Å²) in [4.78, 5) is 39.6. The highest BCUT2D eigenvalue weighted by Crippen LogP contribution is 2.43. The van der Waals surface area contributed by atoms with Gasteiger partial charge in [0, 0.05) is 5.69 Å². The fourth-order valence-corrected chi connectivity index (χ4v) is 4.80. The van der Waals surface area contributed by atoms with Gasteiger partial charge in [0.15, 0.2) is 0 Å². The molecule has 2 N–H and O–H groups in total. The average Bonchev–Trinajstić information content (AvgIpc) is 2.87. The van der Waals surface area contributed by atoms with Crippen LogP contribution in [-0.4, -0.2) is 34.8 Å². The first-order valence-electron chi connectivity index (χ1n) is 11.0. The monoisotopic (exact) mass is 413 g/mol. The second kappa shape index (κ2) is 8.05. The summed E-state index contributed by atoms with van der Waals surface area (Å²) in [6, 6.07) is 5.44. The Bertz CT molecular complexity index is 846. The molecule has 6 nitrogen and oxygen atoms in total. The van der Waals surface area contributed by atoms with Gasteiger partial charge in [-0.1, -0.05) is 52.8 Å². The van der Waals surface area contributed by atoms with E-state index in [1.54, 1.807) is 0 Å². The number of amides is 4. The highest BCUT2D eigenvalue weighted by atomic mass is 16.2. The van der Waals surface area contributed by atoms with Crippen LogP contribution in [0.15, 0.2) is 18.2 Å². The van der Waals surface area contributed by atoms with E-state index in [4.69, 9.17) is 0 Å². The summed E-state index contributed by atoms with van der Waals surface area (Å²) in [6.45, 7) is 12.5. The van der Waals surface area contributed by atoms with E-state index in [0.717, 1.165) is 34.6 Å². The molecule has 30 heavy (non-hydrogen) atoms. The summed E-state index contributed by atoms with van der Waals surface area (Å²) in [5, 5.41) is 5.84. The number of benzene rings is 1. The van der Waals surface area contributed by atoms with Crippen molar-refractivity contribution in [2.45, 2.75) is 78.7 Å². The number of rotatable bonds is 4. The maximum absolute atomic E-state index is 13.1. The van der Waals surface area contributed by atoms with Crippen molar-refractivity contribution in [2.75, 3.05) is 11.9 Å². The van der Waals surface area contributed by atoms with Gasteiger partial charge >= 0.3 is 6.03 Å². The number of carbonyl (C=O) groups is 3. The molecule has 1 spiro atoms. The third-order valence-electron chi connectivity index (χ3n) is 6.80. The van der Waals surface area contributed by atoms with Crippen LogP contribution in [0, 0.1) is 18.3 Å². The Morgan fingerprint density at radius 1 is 1.23 bits per heavy atom. The number of anilines is 1. The van der Waals surface area contributed by atoms with E-state index >= 15 is 0 Å². The largest absolute Gasteiger partial charge is 0.325 e. The lowest BCUT2D eigenvalue weighted by molar-refractivity contribution is -0.135. The summed E-state index contributed by atoms with van der Waals surface area (Å²) < 4.78 is 0. The Hall–Kier alpha value is -2.37.